The summed E-state index contributed by atoms with van der Waals surface area (Å²) in [7, 11) is 0. The van der Waals surface area contributed by atoms with E-state index in [2.05, 4.69) is 21.9 Å². The van der Waals surface area contributed by atoms with Crippen LogP contribution in [0.4, 0.5) is 5.69 Å². The second kappa shape index (κ2) is 10.9. The molecule has 0 amide bonds. The van der Waals surface area contributed by atoms with Crippen molar-refractivity contribution in [3.8, 4) is 5.75 Å². The molecule has 1 fully saturated rings. The van der Waals surface area contributed by atoms with Gasteiger partial charge < -0.3 is 10.0 Å². The third kappa shape index (κ3) is 4.91. The zero-order chi connectivity index (χ0) is 22.6. The van der Waals surface area contributed by atoms with Gasteiger partial charge >= 0.3 is 0 Å². The Kier molecular flexibility index (Phi) is 7.76. The number of hydrogen-bond acceptors (Lipinski definition) is 4. The summed E-state index contributed by atoms with van der Waals surface area (Å²) in [6.07, 6.45) is 3.65. The number of unbranched alkanes of at least 4 members (excludes halogenated alkanes) is 2. The molecule has 0 aliphatic carbocycles. The lowest BCUT2D eigenvalue weighted by molar-refractivity contribution is 0.0908. The van der Waals surface area contributed by atoms with Gasteiger partial charge in [-0.05, 0) is 43.7 Å². The van der Waals surface area contributed by atoms with Crippen molar-refractivity contribution >= 4 is 45.8 Å². The smallest absolute Gasteiger partial charge is 0.231 e. The summed E-state index contributed by atoms with van der Waals surface area (Å²) >= 11 is 0. The number of halogens is 1. The Bertz CT molecular complexity index is 1210. The van der Waals surface area contributed by atoms with E-state index in [1.165, 1.54) is 0 Å². The molecule has 0 radical (unpaired) electrons. The number of nitrogens with zero attached hydrogens (tertiary/aromatic N) is 3. The van der Waals surface area contributed by atoms with Gasteiger partial charge in [0.1, 0.15) is 5.75 Å². The van der Waals surface area contributed by atoms with E-state index < -0.39 is 0 Å². The summed E-state index contributed by atoms with van der Waals surface area (Å²) in [5, 5.41) is 12.4. The van der Waals surface area contributed by atoms with Crippen molar-refractivity contribution in [1.29, 1.82) is 0 Å². The van der Waals surface area contributed by atoms with E-state index >= 15 is 0 Å². The van der Waals surface area contributed by atoms with Crippen molar-refractivity contribution in [2.75, 3.05) is 37.6 Å². The Morgan fingerprint density at radius 2 is 1.32 bits per heavy atom. The van der Waals surface area contributed by atoms with Gasteiger partial charge in [0, 0.05) is 43.4 Å². The molecule has 0 unspecified atom stereocenters. The molecule has 1 aliphatic heterocycles. The summed E-state index contributed by atoms with van der Waals surface area (Å²) < 4.78 is 1.91. The molecule has 0 bridgehead atoms. The zero-order valence-electron chi connectivity index (χ0n) is 19.4. The van der Waals surface area contributed by atoms with Gasteiger partial charge in [-0.3, -0.25) is 14.3 Å². The van der Waals surface area contributed by atoms with Crippen LogP contribution in [0.25, 0.3) is 21.8 Å². The lowest BCUT2D eigenvalue weighted by Crippen LogP contribution is -2.46. The molecule has 1 saturated heterocycles. The number of fused-ring (bicyclic) bond motifs is 3. The molecule has 2 heterocycles. The van der Waals surface area contributed by atoms with Gasteiger partial charge in [-0.25, -0.2) is 0 Å². The topological polar surface area (TPSA) is 48.7 Å². The van der Waals surface area contributed by atoms with E-state index in [0.717, 1.165) is 79.5 Å². The number of piperazine rings is 1. The number of rotatable bonds is 7. The fraction of sp³-hybridized carbons (Fsp3) is 0.321. The summed E-state index contributed by atoms with van der Waals surface area (Å²) in [6, 6.07) is 23.9. The number of aromatic nitrogens is 1. The number of phenols is 1. The van der Waals surface area contributed by atoms with Crippen LogP contribution < -0.4 is 4.90 Å². The highest BCUT2D eigenvalue weighted by Crippen LogP contribution is 2.29. The molecule has 1 aromatic heterocycles. The minimum absolute atomic E-state index is 0. The summed E-state index contributed by atoms with van der Waals surface area (Å²) in [6.45, 7) is 4.95. The Morgan fingerprint density at radius 1 is 0.735 bits per heavy atom. The minimum atomic E-state index is 0. The maximum atomic E-state index is 13.1. The first-order chi connectivity index (χ1) is 16.2. The van der Waals surface area contributed by atoms with Crippen LogP contribution in [0.5, 0.6) is 5.75 Å². The maximum absolute atomic E-state index is 13.1. The maximum Gasteiger partial charge on any atom is 0.231 e. The molecule has 34 heavy (non-hydrogen) atoms. The van der Waals surface area contributed by atoms with E-state index in [4.69, 9.17) is 0 Å². The molecule has 5 nitrogen and oxygen atoms in total. The highest BCUT2D eigenvalue weighted by molar-refractivity contribution is 6.13. The van der Waals surface area contributed by atoms with Crippen molar-refractivity contribution in [3.05, 3.63) is 72.8 Å². The van der Waals surface area contributed by atoms with Crippen molar-refractivity contribution in [3.63, 3.8) is 0 Å². The zero-order valence-corrected chi connectivity index (χ0v) is 20.2. The fourth-order valence-corrected chi connectivity index (χ4v) is 5.04. The number of carbonyl (C=O) groups excluding carboxylic acids is 1. The monoisotopic (exact) mass is 477 g/mol. The van der Waals surface area contributed by atoms with E-state index in [1.807, 2.05) is 59.2 Å². The van der Waals surface area contributed by atoms with E-state index in [9.17, 15) is 9.90 Å². The van der Waals surface area contributed by atoms with Crippen molar-refractivity contribution in [1.82, 2.24) is 9.47 Å². The second-order valence-electron chi connectivity index (χ2n) is 8.89. The molecule has 178 valence electrons. The molecule has 0 spiro atoms. The van der Waals surface area contributed by atoms with Gasteiger partial charge in [-0.2, -0.15) is 0 Å². The van der Waals surface area contributed by atoms with E-state index in [1.54, 1.807) is 6.07 Å². The molecule has 6 heteroatoms. The first-order valence-corrected chi connectivity index (χ1v) is 12.0. The van der Waals surface area contributed by atoms with Crippen LogP contribution >= 0.6 is 12.4 Å². The SMILES string of the molecule is Cl.O=C(CCCCCN1CCN(c2ccccc2O)CC1)n1c2ccccc2c2ccccc21. The molecule has 3 aromatic carbocycles. The fourth-order valence-electron chi connectivity index (χ4n) is 5.04. The van der Waals surface area contributed by atoms with Gasteiger partial charge in [-0.1, -0.05) is 55.0 Å². The normalized spacial score (nSPS) is 14.4. The van der Waals surface area contributed by atoms with E-state index in [-0.39, 0.29) is 18.3 Å². The lowest BCUT2D eigenvalue weighted by atomic mass is 10.1. The standard InChI is InChI=1S/C28H31N3O2.ClH/c32-27-15-8-7-14-26(27)30-20-18-29(19-21-30)17-9-1-2-16-28(33)31-24-12-5-3-10-22(24)23-11-4-6-13-25(23)31;/h3-8,10-15,32H,1-2,9,16-21H2;1H. The Hall–Kier alpha value is -3.02. The summed E-state index contributed by atoms with van der Waals surface area (Å²) in [5.74, 6) is 0.544. The molecule has 0 saturated carbocycles. The number of phenolic OH excluding ortho intramolecular Hbond substituents is 1. The van der Waals surface area contributed by atoms with Crippen molar-refractivity contribution in [2.24, 2.45) is 0 Å². The van der Waals surface area contributed by atoms with Crippen LogP contribution in [0.15, 0.2) is 72.8 Å². The predicted molar refractivity (Wildman–Crippen MR) is 143 cm³/mol. The Labute approximate surface area is 207 Å². The molecule has 4 aromatic rings. The van der Waals surface area contributed by atoms with Gasteiger partial charge in [-0.15, -0.1) is 12.4 Å². The van der Waals surface area contributed by atoms with Crippen molar-refractivity contribution in [2.45, 2.75) is 25.7 Å². The van der Waals surface area contributed by atoms with Gasteiger partial charge in [0.25, 0.3) is 0 Å². The van der Waals surface area contributed by atoms with Gasteiger partial charge in [0.05, 0.1) is 16.7 Å². The Morgan fingerprint density at radius 3 is 1.97 bits per heavy atom. The Balaban J connectivity index is 0.00000274. The molecule has 5 rings (SSSR count). The van der Waals surface area contributed by atoms with E-state index in [0.29, 0.717) is 12.2 Å². The average molecular weight is 478 g/mol. The molecular weight excluding hydrogens is 446 g/mol. The second-order valence-corrected chi connectivity index (χ2v) is 8.89. The van der Waals surface area contributed by atoms with Gasteiger partial charge in [0.2, 0.25) is 5.91 Å². The molecular formula is C28H32ClN3O2. The number of hydrogen-bond donors (Lipinski definition) is 1. The van der Waals surface area contributed by atoms with Crippen LogP contribution in [0.1, 0.15) is 30.5 Å². The van der Waals surface area contributed by atoms with Crippen molar-refractivity contribution < 1.29 is 9.90 Å². The highest BCUT2D eigenvalue weighted by Gasteiger charge is 2.19. The first-order valence-electron chi connectivity index (χ1n) is 12.0. The molecule has 0 atom stereocenters. The predicted octanol–water partition coefficient (Wildman–Crippen LogP) is 5.94. The van der Waals surface area contributed by atoms with Crippen LogP contribution in [0, 0.1) is 0 Å². The lowest BCUT2D eigenvalue weighted by Gasteiger charge is -2.36. The molecule has 1 N–H and O–H groups in total. The summed E-state index contributed by atoms with van der Waals surface area (Å²) in [5.41, 5.74) is 2.94. The minimum Gasteiger partial charge on any atom is -0.506 e. The third-order valence-electron chi connectivity index (χ3n) is 6.79. The number of carbonyl (C=O) groups is 1. The third-order valence-corrected chi connectivity index (χ3v) is 6.79. The number of aromatic hydroxyl groups is 1. The summed E-state index contributed by atoms with van der Waals surface area (Å²) in [4.78, 5) is 17.9. The quantitative estimate of drug-likeness (QED) is 0.334. The van der Waals surface area contributed by atoms with Gasteiger partial charge in [0.15, 0.2) is 0 Å². The molecule has 1 aliphatic rings. The van der Waals surface area contributed by atoms with Crippen LogP contribution in [-0.2, 0) is 0 Å². The number of benzene rings is 3. The largest absolute Gasteiger partial charge is 0.506 e. The van der Waals surface area contributed by atoms with Crippen LogP contribution in [0.3, 0.4) is 0 Å². The highest BCUT2D eigenvalue weighted by atomic mass is 35.5. The van der Waals surface area contributed by atoms with Crippen LogP contribution in [0.2, 0.25) is 0 Å². The number of anilines is 1. The van der Waals surface area contributed by atoms with Crippen LogP contribution in [-0.4, -0.2) is 53.2 Å². The first kappa shape index (κ1) is 24.1. The number of para-hydroxylation sites is 4. The average Bonchev–Trinajstić information content (AvgIpc) is 3.19.